The van der Waals surface area contributed by atoms with E-state index in [9.17, 15) is 9.59 Å². The Kier molecular flexibility index (Phi) is 4.27. The van der Waals surface area contributed by atoms with Crippen molar-refractivity contribution in [1.82, 2.24) is 5.32 Å². The molecule has 1 fully saturated rings. The zero-order chi connectivity index (χ0) is 13.8. The molecule has 5 heteroatoms. The molecule has 1 saturated heterocycles. The van der Waals surface area contributed by atoms with Gasteiger partial charge in [0.25, 0.3) is 11.1 Å². The van der Waals surface area contributed by atoms with Crippen LogP contribution in [0.4, 0.5) is 4.79 Å². The Hall–Kier alpha value is -1.75. The Balaban J connectivity index is 2.09. The van der Waals surface area contributed by atoms with Gasteiger partial charge in [-0.25, -0.2) is 0 Å². The molecule has 19 heavy (non-hydrogen) atoms. The number of ether oxygens (including phenoxy) is 1. The quantitative estimate of drug-likeness (QED) is 0.859. The van der Waals surface area contributed by atoms with Crippen molar-refractivity contribution in [3.05, 3.63) is 34.7 Å². The van der Waals surface area contributed by atoms with E-state index in [4.69, 9.17) is 4.74 Å². The fourth-order valence-corrected chi connectivity index (χ4v) is 2.21. The lowest BCUT2D eigenvalue weighted by molar-refractivity contribution is -0.115. The van der Waals surface area contributed by atoms with Crippen LogP contribution in [-0.4, -0.2) is 17.3 Å². The molecule has 0 radical (unpaired) electrons. The molecule has 1 aliphatic rings. The molecule has 0 bridgehead atoms. The van der Waals surface area contributed by atoms with E-state index >= 15 is 0 Å². The smallest absolute Gasteiger partial charge is 0.290 e. The van der Waals surface area contributed by atoms with E-state index in [1.807, 2.05) is 31.2 Å². The van der Waals surface area contributed by atoms with Crippen molar-refractivity contribution >= 4 is 29.0 Å². The summed E-state index contributed by atoms with van der Waals surface area (Å²) in [7, 11) is 0. The van der Waals surface area contributed by atoms with E-state index < -0.39 is 0 Å². The highest BCUT2D eigenvalue weighted by atomic mass is 32.2. The first-order chi connectivity index (χ1) is 9.08. The molecule has 1 aliphatic heterocycles. The maximum absolute atomic E-state index is 11.4. The summed E-state index contributed by atoms with van der Waals surface area (Å²) in [5.41, 5.74) is 0.865. The van der Waals surface area contributed by atoms with Crippen molar-refractivity contribution in [3.8, 4) is 5.75 Å². The van der Waals surface area contributed by atoms with E-state index in [1.54, 1.807) is 6.08 Å². The first kappa shape index (κ1) is 13.7. The first-order valence-corrected chi connectivity index (χ1v) is 6.91. The van der Waals surface area contributed by atoms with Gasteiger partial charge in [0.2, 0.25) is 0 Å². The maximum atomic E-state index is 11.4. The molecule has 0 spiro atoms. The summed E-state index contributed by atoms with van der Waals surface area (Å²) >= 11 is 0.917. The Morgan fingerprint density at radius 2 is 2.00 bits per heavy atom. The number of nitrogens with one attached hydrogen (secondary N) is 1. The molecule has 0 aliphatic carbocycles. The van der Waals surface area contributed by atoms with Crippen LogP contribution in [0.2, 0.25) is 0 Å². The van der Waals surface area contributed by atoms with Crippen LogP contribution in [0.5, 0.6) is 5.75 Å². The summed E-state index contributed by atoms with van der Waals surface area (Å²) in [6, 6.07) is 7.44. The van der Waals surface area contributed by atoms with Crippen molar-refractivity contribution < 1.29 is 14.3 Å². The first-order valence-electron chi connectivity index (χ1n) is 6.10. The van der Waals surface area contributed by atoms with Crippen LogP contribution >= 0.6 is 11.8 Å². The molecular weight excluding hydrogens is 262 g/mol. The highest BCUT2D eigenvalue weighted by Gasteiger charge is 2.24. The molecule has 0 saturated carbocycles. The van der Waals surface area contributed by atoms with E-state index in [-0.39, 0.29) is 17.3 Å². The third kappa shape index (κ3) is 3.61. The van der Waals surface area contributed by atoms with E-state index in [1.165, 1.54) is 0 Å². The fourth-order valence-electron chi connectivity index (χ4n) is 1.53. The third-order valence-corrected chi connectivity index (χ3v) is 3.54. The second-order valence-electron chi connectivity index (χ2n) is 4.26. The lowest BCUT2D eigenvalue weighted by Gasteiger charge is -2.12. The number of thioether (sulfide) groups is 1. The predicted octanol–water partition coefficient (Wildman–Crippen LogP) is 3.19. The molecule has 1 N–H and O–H groups in total. The van der Waals surface area contributed by atoms with Crippen molar-refractivity contribution in [2.75, 3.05) is 0 Å². The van der Waals surface area contributed by atoms with Crippen LogP contribution in [0.1, 0.15) is 25.8 Å². The van der Waals surface area contributed by atoms with Crippen molar-refractivity contribution in [2.24, 2.45) is 0 Å². The van der Waals surface area contributed by atoms with Crippen LogP contribution in [0.3, 0.4) is 0 Å². The second-order valence-corrected chi connectivity index (χ2v) is 5.27. The monoisotopic (exact) mass is 277 g/mol. The maximum Gasteiger partial charge on any atom is 0.290 e. The molecule has 1 atom stereocenters. The average molecular weight is 277 g/mol. The molecule has 0 aromatic heterocycles. The number of hydrogen-bond acceptors (Lipinski definition) is 4. The zero-order valence-electron chi connectivity index (χ0n) is 10.8. The summed E-state index contributed by atoms with van der Waals surface area (Å²) < 4.78 is 5.67. The highest BCUT2D eigenvalue weighted by Crippen LogP contribution is 2.26. The molecule has 1 aromatic rings. The number of imide groups is 1. The summed E-state index contributed by atoms with van der Waals surface area (Å²) in [6.07, 6.45) is 2.82. The van der Waals surface area contributed by atoms with Crippen LogP contribution in [0, 0.1) is 0 Å². The SMILES string of the molecule is CCC(C)Oc1ccc(/C=C2\SC(=O)NC2=O)cc1. The third-order valence-electron chi connectivity index (χ3n) is 2.73. The van der Waals surface area contributed by atoms with Crippen molar-refractivity contribution in [3.63, 3.8) is 0 Å². The number of amides is 2. The van der Waals surface area contributed by atoms with Crippen molar-refractivity contribution in [1.29, 1.82) is 0 Å². The summed E-state index contributed by atoms with van der Waals surface area (Å²) in [6.45, 7) is 4.08. The molecule has 100 valence electrons. The van der Waals surface area contributed by atoms with Gasteiger partial charge >= 0.3 is 0 Å². The molecule has 1 unspecified atom stereocenters. The molecular formula is C14H15NO3S. The predicted molar refractivity (Wildman–Crippen MR) is 75.9 cm³/mol. The van der Waals surface area contributed by atoms with Gasteiger partial charge in [0, 0.05) is 0 Å². The van der Waals surface area contributed by atoms with E-state index in [2.05, 4.69) is 12.2 Å². The van der Waals surface area contributed by atoms with E-state index in [0.717, 1.165) is 29.5 Å². The standard InChI is InChI=1S/C14H15NO3S/c1-3-9(2)18-11-6-4-10(5-7-11)8-12-13(16)15-14(17)19-12/h4-9H,3H2,1-2H3,(H,15,16,17)/b12-8-. The van der Waals surface area contributed by atoms with Gasteiger partial charge in [0.1, 0.15) is 5.75 Å². The van der Waals surface area contributed by atoms with Crippen molar-refractivity contribution in [2.45, 2.75) is 26.4 Å². The van der Waals surface area contributed by atoms with Crippen LogP contribution in [-0.2, 0) is 4.79 Å². The van der Waals surface area contributed by atoms with Gasteiger partial charge in [-0.2, -0.15) is 0 Å². The minimum Gasteiger partial charge on any atom is -0.491 e. The summed E-state index contributed by atoms with van der Waals surface area (Å²) in [5.74, 6) is 0.464. The Morgan fingerprint density at radius 1 is 1.32 bits per heavy atom. The second kappa shape index (κ2) is 5.93. The van der Waals surface area contributed by atoms with Crippen LogP contribution < -0.4 is 10.1 Å². The molecule has 1 heterocycles. The Labute approximate surface area is 116 Å². The lowest BCUT2D eigenvalue weighted by Crippen LogP contribution is -2.17. The molecule has 2 rings (SSSR count). The van der Waals surface area contributed by atoms with Gasteiger partial charge in [-0.05, 0) is 48.9 Å². The van der Waals surface area contributed by atoms with Gasteiger partial charge < -0.3 is 4.74 Å². The molecule has 4 nitrogen and oxygen atoms in total. The zero-order valence-corrected chi connectivity index (χ0v) is 11.6. The highest BCUT2D eigenvalue weighted by molar-refractivity contribution is 8.18. The van der Waals surface area contributed by atoms with E-state index in [0.29, 0.717) is 4.91 Å². The summed E-state index contributed by atoms with van der Waals surface area (Å²) in [5, 5.41) is 1.90. The van der Waals surface area contributed by atoms with Gasteiger partial charge in [-0.3, -0.25) is 14.9 Å². The number of benzene rings is 1. The average Bonchev–Trinajstić information content (AvgIpc) is 2.70. The Morgan fingerprint density at radius 3 is 2.53 bits per heavy atom. The van der Waals surface area contributed by atoms with Gasteiger partial charge in [-0.1, -0.05) is 19.1 Å². The number of carbonyl (C=O) groups excluding carboxylic acids is 2. The normalized spacial score (nSPS) is 18.5. The summed E-state index contributed by atoms with van der Waals surface area (Å²) in [4.78, 5) is 22.8. The topological polar surface area (TPSA) is 55.4 Å². The van der Waals surface area contributed by atoms with Crippen LogP contribution in [0.25, 0.3) is 6.08 Å². The van der Waals surface area contributed by atoms with Gasteiger partial charge in [0.15, 0.2) is 0 Å². The lowest BCUT2D eigenvalue weighted by atomic mass is 10.2. The number of rotatable bonds is 4. The minimum atomic E-state index is -0.338. The molecule has 2 amide bonds. The minimum absolute atomic E-state index is 0.179. The largest absolute Gasteiger partial charge is 0.491 e. The Bertz CT molecular complexity index is 522. The number of carbonyl (C=O) groups is 2. The number of hydrogen-bond donors (Lipinski definition) is 1. The van der Waals surface area contributed by atoms with Gasteiger partial charge in [-0.15, -0.1) is 0 Å². The molecule has 1 aromatic carbocycles. The fraction of sp³-hybridized carbons (Fsp3) is 0.286. The van der Waals surface area contributed by atoms with Crippen LogP contribution in [0.15, 0.2) is 29.2 Å². The van der Waals surface area contributed by atoms with Gasteiger partial charge in [0.05, 0.1) is 11.0 Å².